The molecule has 0 atom stereocenters. The number of hydrogen-bond acceptors (Lipinski definition) is 6. The van der Waals surface area contributed by atoms with Gasteiger partial charge in [-0.05, 0) is 52.7 Å². The van der Waals surface area contributed by atoms with Crippen LogP contribution in [0.3, 0.4) is 0 Å². The lowest BCUT2D eigenvalue weighted by Gasteiger charge is -2.15. The monoisotopic (exact) mass is 666 g/mol. The molecule has 4 heterocycles. The molecule has 0 amide bonds. The van der Waals surface area contributed by atoms with Crippen molar-refractivity contribution in [3.8, 4) is 45.3 Å². The fourth-order valence-electron chi connectivity index (χ4n) is 7.58. The van der Waals surface area contributed by atoms with Crippen molar-refractivity contribution in [1.82, 2.24) is 19.9 Å². The molecular weight excluding hydrogens is 641 g/mol. The minimum Gasteiger partial charge on any atom is -0.456 e. The predicted octanol–water partition coefficient (Wildman–Crippen LogP) is 12.0. The summed E-state index contributed by atoms with van der Waals surface area (Å²) < 4.78 is 12.8. The summed E-state index contributed by atoms with van der Waals surface area (Å²) in [5.74, 6) is 1.72. The molecule has 0 spiro atoms. The third kappa shape index (κ3) is 4.38. The maximum absolute atomic E-state index is 6.49. The van der Waals surface area contributed by atoms with Gasteiger partial charge in [0.1, 0.15) is 22.3 Å². The van der Waals surface area contributed by atoms with Crippen LogP contribution in [-0.4, -0.2) is 19.9 Å². The van der Waals surface area contributed by atoms with Crippen LogP contribution >= 0.6 is 0 Å². The summed E-state index contributed by atoms with van der Waals surface area (Å²) in [6.07, 6.45) is 0. The van der Waals surface area contributed by atoms with Gasteiger partial charge in [-0.15, -0.1) is 0 Å². The van der Waals surface area contributed by atoms with Gasteiger partial charge in [0, 0.05) is 38.4 Å². The number of para-hydroxylation sites is 2. The molecule has 0 saturated heterocycles. The van der Waals surface area contributed by atoms with E-state index in [2.05, 4.69) is 66.7 Å². The van der Waals surface area contributed by atoms with Crippen molar-refractivity contribution < 1.29 is 8.83 Å². The van der Waals surface area contributed by atoms with Crippen LogP contribution in [0, 0.1) is 0 Å². The first kappa shape index (κ1) is 28.6. The third-order valence-electron chi connectivity index (χ3n) is 9.92. The maximum Gasteiger partial charge on any atom is 0.164 e. The highest BCUT2D eigenvalue weighted by Gasteiger charge is 2.23. The van der Waals surface area contributed by atoms with E-state index in [1.54, 1.807) is 0 Å². The first-order chi connectivity index (χ1) is 25.8. The maximum atomic E-state index is 6.49. The Hall–Kier alpha value is -7.18. The van der Waals surface area contributed by atoms with E-state index in [0.29, 0.717) is 17.5 Å². The summed E-state index contributed by atoms with van der Waals surface area (Å²) >= 11 is 0. The largest absolute Gasteiger partial charge is 0.456 e. The number of hydrogen-bond donors (Lipinski definition) is 0. The molecule has 11 rings (SSSR count). The van der Waals surface area contributed by atoms with Gasteiger partial charge in [-0.2, -0.15) is 0 Å². The highest BCUT2D eigenvalue weighted by Crippen LogP contribution is 2.44. The van der Waals surface area contributed by atoms with Crippen molar-refractivity contribution in [2.75, 3.05) is 0 Å². The molecule has 7 aromatic carbocycles. The van der Waals surface area contributed by atoms with Crippen LogP contribution in [0.25, 0.3) is 111 Å². The van der Waals surface area contributed by atoms with E-state index in [1.807, 2.05) is 91.0 Å². The van der Waals surface area contributed by atoms with Crippen LogP contribution in [0.2, 0.25) is 0 Å². The lowest BCUT2D eigenvalue weighted by atomic mass is 9.90. The molecule has 52 heavy (non-hydrogen) atoms. The molecule has 0 radical (unpaired) electrons. The van der Waals surface area contributed by atoms with E-state index < -0.39 is 0 Å². The molecule has 0 unspecified atom stereocenters. The van der Waals surface area contributed by atoms with E-state index in [9.17, 15) is 0 Å². The fraction of sp³-hybridized carbons (Fsp3) is 0. The Morgan fingerprint density at radius 2 is 1.00 bits per heavy atom. The molecule has 0 fully saturated rings. The summed E-state index contributed by atoms with van der Waals surface area (Å²) in [6.45, 7) is 0. The molecule has 6 heteroatoms. The minimum absolute atomic E-state index is 0.567. The first-order valence-electron chi connectivity index (χ1n) is 17.2. The quantitative estimate of drug-likeness (QED) is 0.186. The highest BCUT2D eigenvalue weighted by atomic mass is 16.3. The SMILES string of the molecule is c1ccc(-c2nc(-c3ccc4ccccc4c3-c3cccc4oc5cc6ccccc6nc5c34)nc(-c3cccc4oc5ccccc5c34)n2)cc1. The van der Waals surface area contributed by atoms with Crippen molar-refractivity contribution in [2.24, 2.45) is 0 Å². The van der Waals surface area contributed by atoms with E-state index in [1.165, 1.54) is 0 Å². The molecule has 0 saturated carbocycles. The molecule has 6 nitrogen and oxygen atoms in total. The molecule has 242 valence electrons. The lowest BCUT2D eigenvalue weighted by Crippen LogP contribution is -2.01. The molecule has 0 aliphatic rings. The lowest BCUT2D eigenvalue weighted by molar-refractivity contribution is 0.668. The second-order valence-corrected chi connectivity index (χ2v) is 13.0. The third-order valence-corrected chi connectivity index (χ3v) is 9.92. The summed E-state index contributed by atoms with van der Waals surface area (Å²) in [6, 6.07) is 53.4. The number of pyridine rings is 1. The van der Waals surface area contributed by atoms with Crippen LogP contribution in [0.1, 0.15) is 0 Å². The van der Waals surface area contributed by atoms with Crippen molar-refractivity contribution in [3.63, 3.8) is 0 Å². The summed E-state index contributed by atoms with van der Waals surface area (Å²) in [5.41, 5.74) is 9.53. The normalized spacial score (nSPS) is 11.8. The molecular formula is C46H26N4O2. The summed E-state index contributed by atoms with van der Waals surface area (Å²) in [4.78, 5) is 20.8. The zero-order chi connectivity index (χ0) is 34.2. The van der Waals surface area contributed by atoms with Gasteiger partial charge in [0.05, 0.1) is 10.9 Å². The number of aromatic nitrogens is 4. The Morgan fingerprint density at radius 3 is 1.87 bits per heavy atom. The van der Waals surface area contributed by atoms with Crippen molar-refractivity contribution in [2.45, 2.75) is 0 Å². The van der Waals surface area contributed by atoms with Gasteiger partial charge >= 0.3 is 0 Å². The molecule has 0 aliphatic carbocycles. The van der Waals surface area contributed by atoms with Crippen LogP contribution < -0.4 is 0 Å². The van der Waals surface area contributed by atoms with Gasteiger partial charge in [0.15, 0.2) is 23.1 Å². The van der Waals surface area contributed by atoms with Gasteiger partial charge in [-0.3, -0.25) is 0 Å². The van der Waals surface area contributed by atoms with Crippen LogP contribution in [0.5, 0.6) is 0 Å². The van der Waals surface area contributed by atoms with Gasteiger partial charge in [0.2, 0.25) is 0 Å². The van der Waals surface area contributed by atoms with Gasteiger partial charge < -0.3 is 8.83 Å². The number of nitrogens with zero attached hydrogens (tertiary/aromatic N) is 4. The van der Waals surface area contributed by atoms with E-state index in [-0.39, 0.29) is 0 Å². The van der Waals surface area contributed by atoms with E-state index in [0.717, 1.165) is 93.5 Å². The fourth-order valence-corrected chi connectivity index (χ4v) is 7.58. The number of rotatable bonds is 4. The van der Waals surface area contributed by atoms with E-state index in [4.69, 9.17) is 28.8 Å². The summed E-state index contributed by atoms with van der Waals surface area (Å²) in [7, 11) is 0. The Balaban J connectivity index is 1.24. The van der Waals surface area contributed by atoms with Crippen molar-refractivity contribution in [3.05, 3.63) is 158 Å². The van der Waals surface area contributed by atoms with Crippen LogP contribution in [-0.2, 0) is 0 Å². The highest BCUT2D eigenvalue weighted by molar-refractivity contribution is 6.17. The van der Waals surface area contributed by atoms with Crippen LogP contribution in [0.15, 0.2) is 167 Å². The second-order valence-electron chi connectivity index (χ2n) is 13.0. The van der Waals surface area contributed by atoms with Crippen molar-refractivity contribution >= 4 is 65.7 Å². The Bertz CT molecular complexity index is 3200. The first-order valence-corrected chi connectivity index (χ1v) is 17.2. The Labute approximate surface area is 296 Å². The molecule has 4 aromatic heterocycles. The Morgan fingerprint density at radius 1 is 0.365 bits per heavy atom. The van der Waals surface area contributed by atoms with Crippen LogP contribution in [0.4, 0.5) is 0 Å². The zero-order valence-electron chi connectivity index (χ0n) is 27.6. The molecule has 0 N–H and O–H groups in total. The second kappa shape index (κ2) is 11.2. The number of benzene rings is 7. The molecule has 11 aromatic rings. The number of fused-ring (bicyclic) bond motifs is 8. The van der Waals surface area contributed by atoms with Gasteiger partial charge in [0.25, 0.3) is 0 Å². The Kier molecular flexibility index (Phi) is 6.15. The van der Waals surface area contributed by atoms with Gasteiger partial charge in [-0.1, -0.05) is 121 Å². The van der Waals surface area contributed by atoms with Crippen molar-refractivity contribution in [1.29, 1.82) is 0 Å². The van der Waals surface area contributed by atoms with E-state index >= 15 is 0 Å². The average Bonchev–Trinajstić information content (AvgIpc) is 3.78. The standard InChI is InChI=1S/C46H26N4O2/c1-2-13-28(14-3-1)44-48-45(33-19-11-22-37-41(33)31-17-7-9-21-36(31)51-37)50-46(49-44)34-25-24-27-12-4-6-16-30(27)40(34)32-18-10-23-38-42(32)43-39(52-38)26-29-15-5-8-20-35(29)47-43/h1-26H. The molecule has 0 aliphatic heterocycles. The summed E-state index contributed by atoms with van der Waals surface area (Å²) in [5, 5.41) is 6.16. The smallest absolute Gasteiger partial charge is 0.164 e. The molecule has 0 bridgehead atoms. The zero-order valence-corrected chi connectivity index (χ0v) is 27.6. The van der Waals surface area contributed by atoms with Gasteiger partial charge in [-0.25, -0.2) is 19.9 Å². The topological polar surface area (TPSA) is 77.8 Å². The minimum atomic E-state index is 0.567. The predicted molar refractivity (Wildman–Crippen MR) is 209 cm³/mol. The average molecular weight is 667 g/mol. The number of furan rings is 2.